The minimum absolute atomic E-state index is 0.0226. The van der Waals surface area contributed by atoms with Gasteiger partial charge in [-0.05, 0) is 44.2 Å². The highest BCUT2D eigenvalue weighted by Gasteiger charge is 2.34. The normalized spacial score (nSPS) is 19.5. The number of hydrogen-bond acceptors (Lipinski definition) is 4. The quantitative estimate of drug-likeness (QED) is 0.799. The second-order valence-corrected chi connectivity index (χ2v) is 7.69. The Morgan fingerprint density at radius 3 is 2.61 bits per heavy atom. The lowest BCUT2D eigenvalue weighted by Gasteiger charge is -2.38. The van der Waals surface area contributed by atoms with Gasteiger partial charge in [0.05, 0.1) is 5.69 Å². The number of ether oxygens (including phenoxy) is 1. The molecule has 2 atom stereocenters. The van der Waals surface area contributed by atoms with Crippen LogP contribution in [0.2, 0.25) is 5.02 Å². The molecule has 7 nitrogen and oxygen atoms in total. The molecule has 2 aromatic rings. The molecule has 1 aromatic carbocycles. The smallest absolute Gasteiger partial charge is 0.244 e. The first-order valence-electron chi connectivity index (χ1n) is 9.31. The minimum atomic E-state index is -0.400. The molecule has 1 saturated heterocycles. The predicted octanol–water partition coefficient (Wildman–Crippen LogP) is 2.32. The van der Waals surface area contributed by atoms with Crippen LogP contribution in [0.1, 0.15) is 24.2 Å². The fraction of sp³-hybridized carbons (Fsp3) is 0.450. The van der Waals surface area contributed by atoms with Crippen LogP contribution in [-0.2, 0) is 16.1 Å². The summed E-state index contributed by atoms with van der Waals surface area (Å²) < 4.78 is 7.78. The first-order valence-corrected chi connectivity index (χ1v) is 9.69. The maximum Gasteiger partial charge on any atom is 0.244 e. The molecule has 2 amide bonds. The molecular formula is C20H25ClN4O3. The van der Waals surface area contributed by atoms with Gasteiger partial charge in [0.15, 0.2) is 0 Å². The molecule has 2 heterocycles. The molecule has 150 valence electrons. The van der Waals surface area contributed by atoms with Crippen molar-refractivity contribution in [3.05, 3.63) is 46.7 Å². The van der Waals surface area contributed by atoms with Gasteiger partial charge >= 0.3 is 0 Å². The van der Waals surface area contributed by atoms with Crippen molar-refractivity contribution >= 4 is 23.4 Å². The molecule has 0 aliphatic carbocycles. The van der Waals surface area contributed by atoms with E-state index in [2.05, 4.69) is 5.10 Å². The van der Waals surface area contributed by atoms with E-state index in [0.29, 0.717) is 30.3 Å². The number of halogens is 1. The van der Waals surface area contributed by atoms with Crippen molar-refractivity contribution in [2.45, 2.75) is 39.3 Å². The van der Waals surface area contributed by atoms with Crippen LogP contribution in [0.25, 0.3) is 0 Å². The Kier molecular flexibility index (Phi) is 6.24. The number of rotatable bonds is 6. The van der Waals surface area contributed by atoms with Crippen molar-refractivity contribution in [1.29, 1.82) is 0 Å². The van der Waals surface area contributed by atoms with Gasteiger partial charge in [-0.1, -0.05) is 11.6 Å². The summed E-state index contributed by atoms with van der Waals surface area (Å²) in [5.41, 5.74) is 7.26. The number of primary amides is 1. The van der Waals surface area contributed by atoms with Crippen LogP contribution in [0.3, 0.4) is 0 Å². The van der Waals surface area contributed by atoms with Crippen LogP contribution in [0.5, 0.6) is 5.75 Å². The zero-order valence-electron chi connectivity index (χ0n) is 16.1. The Bertz CT molecular complexity index is 850. The molecule has 28 heavy (non-hydrogen) atoms. The van der Waals surface area contributed by atoms with Gasteiger partial charge < -0.3 is 15.4 Å². The van der Waals surface area contributed by atoms with E-state index in [1.807, 2.05) is 19.9 Å². The highest BCUT2D eigenvalue weighted by atomic mass is 35.5. The molecule has 1 aliphatic rings. The summed E-state index contributed by atoms with van der Waals surface area (Å²) in [6.07, 6.45) is 0.608. The predicted molar refractivity (Wildman–Crippen MR) is 106 cm³/mol. The lowest BCUT2D eigenvalue weighted by Crippen LogP contribution is -2.49. The van der Waals surface area contributed by atoms with Crippen molar-refractivity contribution in [2.75, 3.05) is 13.1 Å². The molecule has 0 saturated carbocycles. The summed E-state index contributed by atoms with van der Waals surface area (Å²) in [6, 6.07) is 9.05. The summed E-state index contributed by atoms with van der Waals surface area (Å²) >= 11 is 5.92. The number of likely N-dealkylation sites (tertiary alicyclic amines) is 1. The molecule has 8 heteroatoms. The van der Waals surface area contributed by atoms with E-state index in [0.717, 1.165) is 11.4 Å². The van der Waals surface area contributed by atoms with Gasteiger partial charge in [-0.2, -0.15) is 5.10 Å². The number of carbonyl (C=O) groups excluding carboxylic acids is 2. The van der Waals surface area contributed by atoms with Crippen molar-refractivity contribution in [1.82, 2.24) is 14.7 Å². The zero-order valence-corrected chi connectivity index (χ0v) is 16.9. The summed E-state index contributed by atoms with van der Waals surface area (Å²) in [6.45, 7) is 5.00. The number of hydrogen-bond donors (Lipinski definition) is 1. The van der Waals surface area contributed by atoms with Crippen molar-refractivity contribution in [3.63, 3.8) is 0 Å². The average molecular weight is 405 g/mol. The van der Waals surface area contributed by atoms with E-state index >= 15 is 0 Å². The second kappa shape index (κ2) is 8.65. The summed E-state index contributed by atoms with van der Waals surface area (Å²) in [7, 11) is 0. The van der Waals surface area contributed by atoms with Crippen molar-refractivity contribution < 1.29 is 14.3 Å². The molecule has 1 aliphatic heterocycles. The largest absolute Gasteiger partial charge is 0.490 e. The topological polar surface area (TPSA) is 90.5 Å². The molecule has 0 unspecified atom stereocenters. The Balaban J connectivity index is 1.67. The zero-order chi connectivity index (χ0) is 20.3. The van der Waals surface area contributed by atoms with Crippen LogP contribution in [0, 0.1) is 19.8 Å². The van der Waals surface area contributed by atoms with Gasteiger partial charge in [0.1, 0.15) is 18.4 Å². The molecule has 2 N–H and O–H groups in total. The van der Waals surface area contributed by atoms with E-state index in [4.69, 9.17) is 22.1 Å². The lowest BCUT2D eigenvalue weighted by atomic mass is 9.91. The molecule has 0 spiro atoms. The van der Waals surface area contributed by atoms with Crippen molar-refractivity contribution in [2.24, 2.45) is 11.7 Å². The summed E-state index contributed by atoms with van der Waals surface area (Å²) in [5, 5.41) is 4.98. The lowest BCUT2D eigenvalue weighted by molar-refractivity contribution is -0.136. The number of carbonyl (C=O) groups is 2. The van der Waals surface area contributed by atoms with Crippen LogP contribution >= 0.6 is 11.6 Å². The third-order valence-corrected chi connectivity index (χ3v) is 5.22. The van der Waals surface area contributed by atoms with Gasteiger partial charge in [-0.3, -0.25) is 14.3 Å². The van der Waals surface area contributed by atoms with E-state index in [-0.39, 0.29) is 30.9 Å². The fourth-order valence-corrected chi connectivity index (χ4v) is 3.72. The molecular weight excluding hydrogens is 380 g/mol. The van der Waals surface area contributed by atoms with E-state index in [1.165, 1.54) is 0 Å². The molecule has 0 radical (unpaired) electrons. The monoisotopic (exact) mass is 404 g/mol. The fourth-order valence-electron chi connectivity index (χ4n) is 3.60. The number of piperidine rings is 1. The minimum Gasteiger partial charge on any atom is -0.490 e. The second-order valence-electron chi connectivity index (χ2n) is 7.25. The highest BCUT2D eigenvalue weighted by molar-refractivity contribution is 6.30. The Morgan fingerprint density at radius 2 is 2.00 bits per heavy atom. The Hall–Kier alpha value is -2.54. The van der Waals surface area contributed by atoms with Crippen LogP contribution < -0.4 is 10.5 Å². The van der Waals surface area contributed by atoms with Gasteiger partial charge in [-0.15, -0.1) is 0 Å². The third-order valence-electron chi connectivity index (χ3n) is 4.97. The van der Waals surface area contributed by atoms with E-state index in [1.54, 1.807) is 33.8 Å². The highest BCUT2D eigenvalue weighted by Crippen LogP contribution is 2.26. The van der Waals surface area contributed by atoms with Gasteiger partial charge in [0.2, 0.25) is 11.8 Å². The molecule has 3 rings (SSSR count). The van der Waals surface area contributed by atoms with E-state index < -0.39 is 5.91 Å². The number of aryl methyl sites for hydroxylation is 2. The van der Waals surface area contributed by atoms with E-state index in [9.17, 15) is 9.59 Å². The van der Waals surface area contributed by atoms with Crippen LogP contribution in [-0.4, -0.2) is 45.7 Å². The van der Waals surface area contributed by atoms with Crippen LogP contribution in [0.4, 0.5) is 0 Å². The maximum atomic E-state index is 12.8. The third kappa shape index (κ3) is 5.04. The first-order chi connectivity index (χ1) is 13.3. The Morgan fingerprint density at radius 1 is 1.29 bits per heavy atom. The van der Waals surface area contributed by atoms with Gasteiger partial charge in [0, 0.05) is 42.6 Å². The molecule has 0 bridgehead atoms. The Labute approximate surface area is 169 Å². The van der Waals surface area contributed by atoms with Crippen LogP contribution in [0.15, 0.2) is 30.3 Å². The van der Waals surface area contributed by atoms with Crippen molar-refractivity contribution in [3.8, 4) is 5.75 Å². The number of nitrogens with two attached hydrogens (primary N) is 1. The van der Waals surface area contributed by atoms with Gasteiger partial charge in [-0.25, -0.2) is 0 Å². The number of amides is 2. The average Bonchev–Trinajstić information content (AvgIpc) is 2.95. The summed E-state index contributed by atoms with van der Waals surface area (Å²) in [4.78, 5) is 26.1. The number of aromatic nitrogens is 2. The first kappa shape index (κ1) is 20.2. The standard InChI is InChI=1S/C20H25ClN4O3/c1-13-9-14(2)25(23-13)12-20(27)24-8-7-18(15(11-24)10-19(22)26)28-17-5-3-16(21)4-6-17/h3-6,9,15,18H,7-8,10-12H2,1-2H3,(H2,22,26)/t15-,18-/m0/s1. The SMILES string of the molecule is Cc1cc(C)n(CC(=O)N2CC[C@H](Oc3ccc(Cl)cc3)[C@@H](CC(N)=O)C2)n1. The van der Waals surface area contributed by atoms with Gasteiger partial charge in [0.25, 0.3) is 0 Å². The number of benzene rings is 1. The number of nitrogens with zero attached hydrogens (tertiary/aromatic N) is 3. The molecule has 1 aromatic heterocycles. The summed E-state index contributed by atoms with van der Waals surface area (Å²) in [5.74, 6) is 0.103. The molecule has 1 fully saturated rings. The maximum absolute atomic E-state index is 12.8.